The Morgan fingerprint density at radius 1 is 1.26 bits per heavy atom. The van der Waals surface area contributed by atoms with Crippen molar-refractivity contribution in [2.24, 2.45) is 0 Å². The lowest BCUT2D eigenvalue weighted by Crippen LogP contribution is -2.34. The number of hydrogen-bond acceptors (Lipinski definition) is 3. The quantitative estimate of drug-likeness (QED) is 0.782. The van der Waals surface area contributed by atoms with Crippen LogP contribution in [0.25, 0.3) is 10.9 Å². The highest BCUT2D eigenvalue weighted by Gasteiger charge is 2.21. The normalized spacial score (nSPS) is 14.1. The minimum absolute atomic E-state index is 0.113. The molecule has 0 fully saturated rings. The van der Waals surface area contributed by atoms with Crippen molar-refractivity contribution in [1.82, 2.24) is 15.1 Å². The molecule has 0 bridgehead atoms. The molecule has 1 aliphatic rings. The van der Waals surface area contributed by atoms with Gasteiger partial charge in [-0.15, -0.1) is 0 Å². The molecule has 2 heterocycles. The summed E-state index contributed by atoms with van der Waals surface area (Å²) in [5.41, 5.74) is 5.23. The first-order valence-electron chi connectivity index (χ1n) is 7.75. The number of carbonyl (C=O) groups excluding carboxylic acids is 1. The highest BCUT2D eigenvalue weighted by molar-refractivity contribution is 5.97. The van der Waals surface area contributed by atoms with E-state index in [1.54, 1.807) is 4.90 Å². The second-order valence-electron chi connectivity index (χ2n) is 5.99. The first-order valence-corrected chi connectivity index (χ1v) is 7.75. The molecule has 0 atom stereocenters. The van der Waals surface area contributed by atoms with Crippen molar-refractivity contribution in [2.45, 2.75) is 13.0 Å². The summed E-state index contributed by atoms with van der Waals surface area (Å²) in [6, 6.07) is 12.3. The first-order chi connectivity index (χ1) is 11.2. The number of fused-ring (bicyclic) bond motifs is 2. The van der Waals surface area contributed by atoms with Gasteiger partial charge in [-0.25, -0.2) is 0 Å². The number of likely N-dealkylation sites (N-methyl/N-ethyl adjacent to an activating group) is 1. The molecule has 1 aliphatic heterocycles. The van der Waals surface area contributed by atoms with Crippen LogP contribution in [0.5, 0.6) is 0 Å². The molecule has 1 aromatic heterocycles. The van der Waals surface area contributed by atoms with Crippen LogP contribution in [0.1, 0.15) is 21.5 Å². The molecule has 5 nitrogen and oxygen atoms in total. The van der Waals surface area contributed by atoms with Gasteiger partial charge in [0.25, 0.3) is 5.91 Å². The molecule has 116 valence electrons. The van der Waals surface area contributed by atoms with Crippen LogP contribution in [-0.2, 0) is 13.0 Å². The van der Waals surface area contributed by atoms with Crippen molar-refractivity contribution >= 4 is 22.5 Å². The lowest BCUT2D eigenvalue weighted by molar-refractivity contribution is 0.0781. The molecule has 3 aromatic rings. The van der Waals surface area contributed by atoms with Gasteiger partial charge in [-0.3, -0.25) is 9.89 Å². The second-order valence-corrected chi connectivity index (χ2v) is 5.99. The predicted octanol–water partition coefficient (Wildman–Crippen LogP) is 2.80. The molecule has 2 N–H and O–H groups in total. The van der Waals surface area contributed by atoms with Gasteiger partial charge in [0, 0.05) is 36.8 Å². The standard InChI is InChI=1S/C18H18N4O/c1-22-7-6-13-9-15(4-5-16(13)18(22)23)19-10-12-2-3-14-11-20-21-17(14)8-12/h2-5,8-9,11,19H,6-7,10H2,1H3,(H,20,21). The topological polar surface area (TPSA) is 61.0 Å². The Bertz CT molecular complexity index is 884. The van der Waals surface area contributed by atoms with Crippen molar-refractivity contribution in [3.05, 3.63) is 59.3 Å². The summed E-state index contributed by atoms with van der Waals surface area (Å²) in [6.45, 7) is 1.52. The van der Waals surface area contributed by atoms with Gasteiger partial charge in [0.05, 0.1) is 11.7 Å². The SMILES string of the molecule is CN1CCc2cc(NCc3ccc4cn[nH]c4c3)ccc2C1=O. The zero-order chi connectivity index (χ0) is 15.8. The number of nitrogens with zero attached hydrogens (tertiary/aromatic N) is 2. The Kier molecular flexibility index (Phi) is 3.26. The van der Waals surface area contributed by atoms with Gasteiger partial charge in [-0.05, 0) is 41.8 Å². The van der Waals surface area contributed by atoms with Crippen molar-refractivity contribution in [2.75, 3.05) is 18.9 Å². The summed E-state index contributed by atoms with van der Waals surface area (Å²) in [5.74, 6) is 0.113. The van der Waals surface area contributed by atoms with Gasteiger partial charge in [0.15, 0.2) is 0 Å². The van der Waals surface area contributed by atoms with E-state index in [-0.39, 0.29) is 5.91 Å². The molecule has 0 unspecified atom stereocenters. The van der Waals surface area contributed by atoms with Crippen molar-refractivity contribution < 1.29 is 4.79 Å². The molecular weight excluding hydrogens is 288 g/mol. The number of benzene rings is 2. The summed E-state index contributed by atoms with van der Waals surface area (Å²) in [4.78, 5) is 13.9. The van der Waals surface area contributed by atoms with Crippen LogP contribution in [0, 0.1) is 0 Å². The zero-order valence-electron chi connectivity index (χ0n) is 13.0. The molecule has 1 amide bonds. The van der Waals surface area contributed by atoms with E-state index in [0.29, 0.717) is 0 Å². The van der Waals surface area contributed by atoms with Gasteiger partial charge in [-0.2, -0.15) is 5.10 Å². The number of hydrogen-bond donors (Lipinski definition) is 2. The molecule has 0 radical (unpaired) electrons. The molecule has 0 spiro atoms. The lowest BCUT2D eigenvalue weighted by Gasteiger charge is -2.25. The van der Waals surface area contributed by atoms with E-state index in [1.807, 2.05) is 25.4 Å². The highest BCUT2D eigenvalue weighted by Crippen LogP contribution is 2.22. The van der Waals surface area contributed by atoms with E-state index in [1.165, 1.54) is 5.56 Å². The number of rotatable bonds is 3. The number of nitrogens with one attached hydrogen (secondary N) is 2. The summed E-state index contributed by atoms with van der Waals surface area (Å²) in [5, 5.41) is 11.6. The van der Waals surface area contributed by atoms with Crippen molar-refractivity contribution in [3.8, 4) is 0 Å². The monoisotopic (exact) mass is 306 g/mol. The Labute approximate surface area is 134 Å². The molecule has 4 rings (SSSR count). The summed E-state index contributed by atoms with van der Waals surface area (Å²) >= 11 is 0. The van der Waals surface area contributed by atoms with Gasteiger partial charge in [-0.1, -0.05) is 12.1 Å². The minimum atomic E-state index is 0.113. The van der Waals surface area contributed by atoms with Crippen LogP contribution in [0.15, 0.2) is 42.6 Å². The average molecular weight is 306 g/mol. The minimum Gasteiger partial charge on any atom is -0.381 e. The third kappa shape index (κ3) is 2.54. The van der Waals surface area contributed by atoms with E-state index in [4.69, 9.17) is 0 Å². The van der Waals surface area contributed by atoms with E-state index in [0.717, 1.165) is 47.2 Å². The van der Waals surface area contributed by atoms with Gasteiger partial charge in [0.1, 0.15) is 0 Å². The molecular formula is C18H18N4O. The van der Waals surface area contributed by atoms with Crippen LogP contribution in [0.2, 0.25) is 0 Å². The number of aromatic amines is 1. The van der Waals surface area contributed by atoms with Crippen LogP contribution in [-0.4, -0.2) is 34.6 Å². The zero-order valence-corrected chi connectivity index (χ0v) is 13.0. The molecule has 23 heavy (non-hydrogen) atoms. The lowest BCUT2D eigenvalue weighted by atomic mass is 9.98. The molecule has 0 saturated carbocycles. The maximum atomic E-state index is 12.1. The Morgan fingerprint density at radius 3 is 3.09 bits per heavy atom. The molecule has 0 saturated heterocycles. The Morgan fingerprint density at radius 2 is 2.17 bits per heavy atom. The fourth-order valence-corrected chi connectivity index (χ4v) is 3.01. The highest BCUT2D eigenvalue weighted by atomic mass is 16.2. The summed E-state index contributed by atoms with van der Waals surface area (Å²) in [7, 11) is 1.85. The fourth-order valence-electron chi connectivity index (χ4n) is 3.01. The van der Waals surface area contributed by atoms with Crippen LogP contribution < -0.4 is 5.32 Å². The number of H-pyrrole nitrogens is 1. The third-order valence-corrected chi connectivity index (χ3v) is 4.40. The van der Waals surface area contributed by atoms with Crippen molar-refractivity contribution in [3.63, 3.8) is 0 Å². The van der Waals surface area contributed by atoms with E-state index in [2.05, 4.69) is 39.8 Å². The molecule has 5 heteroatoms. The van der Waals surface area contributed by atoms with E-state index < -0.39 is 0 Å². The number of anilines is 1. The number of amides is 1. The number of carbonyl (C=O) groups is 1. The van der Waals surface area contributed by atoms with Crippen molar-refractivity contribution in [1.29, 1.82) is 0 Å². The smallest absolute Gasteiger partial charge is 0.253 e. The van der Waals surface area contributed by atoms with E-state index >= 15 is 0 Å². The average Bonchev–Trinajstić information content (AvgIpc) is 3.04. The maximum Gasteiger partial charge on any atom is 0.253 e. The molecule has 2 aromatic carbocycles. The van der Waals surface area contributed by atoms with Gasteiger partial charge in [0.2, 0.25) is 0 Å². The Hall–Kier alpha value is -2.82. The van der Waals surface area contributed by atoms with Crippen LogP contribution in [0.3, 0.4) is 0 Å². The summed E-state index contributed by atoms with van der Waals surface area (Å²) < 4.78 is 0. The van der Waals surface area contributed by atoms with Crippen LogP contribution >= 0.6 is 0 Å². The van der Waals surface area contributed by atoms with E-state index in [9.17, 15) is 4.79 Å². The maximum absolute atomic E-state index is 12.1. The van der Waals surface area contributed by atoms with Gasteiger partial charge >= 0.3 is 0 Å². The van der Waals surface area contributed by atoms with Crippen LogP contribution in [0.4, 0.5) is 5.69 Å². The largest absolute Gasteiger partial charge is 0.381 e. The third-order valence-electron chi connectivity index (χ3n) is 4.40. The second kappa shape index (κ2) is 5.43. The first kappa shape index (κ1) is 13.8. The Balaban J connectivity index is 1.52. The fraction of sp³-hybridized carbons (Fsp3) is 0.222. The predicted molar refractivity (Wildman–Crippen MR) is 90.5 cm³/mol. The number of aromatic nitrogens is 2. The molecule has 0 aliphatic carbocycles. The van der Waals surface area contributed by atoms with Gasteiger partial charge < -0.3 is 10.2 Å². The summed E-state index contributed by atoms with van der Waals surface area (Å²) in [6.07, 6.45) is 2.73.